The van der Waals surface area contributed by atoms with E-state index in [2.05, 4.69) is 54.5 Å². The molecule has 0 radical (unpaired) electrons. The monoisotopic (exact) mass is 476 g/mol. The van der Waals surface area contributed by atoms with Crippen LogP contribution >= 0.6 is 0 Å². The summed E-state index contributed by atoms with van der Waals surface area (Å²) in [6.07, 6.45) is 7.54. The van der Waals surface area contributed by atoms with Gasteiger partial charge in [-0.05, 0) is 117 Å². The molecule has 0 spiro atoms. The van der Waals surface area contributed by atoms with Gasteiger partial charge in [0.2, 0.25) is 0 Å². The first kappa shape index (κ1) is 26.6. The van der Waals surface area contributed by atoms with Gasteiger partial charge in [-0.1, -0.05) is 46.3 Å². The third-order valence-corrected chi connectivity index (χ3v) is 12.3. The molecular weight excluding hydrogens is 424 g/mol. The largest absolute Gasteiger partial charge is 0.393 e. The fourth-order valence-corrected chi connectivity index (χ4v) is 10.5. The van der Waals surface area contributed by atoms with Crippen LogP contribution in [0.25, 0.3) is 0 Å². The molecule has 0 saturated heterocycles. The Morgan fingerprint density at radius 3 is 2.21 bits per heavy atom. The Morgan fingerprint density at radius 1 is 0.941 bits per heavy atom. The minimum Gasteiger partial charge on any atom is -0.393 e. The summed E-state index contributed by atoms with van der Waals surface area (Å²) in [6, 6.07) is 0. The van der Waals surface area contributed by atoms with E-state index < -0.39 is 23.9 Å². The van der Waals surface area contributed by atoms with Crippen molar-refractivity contribution >= 4 is 0 Å². The van der Waals surface area contributed by atoms with Gasteiger partial charge < -0.3 is 20.4 Å². The molecule has 4 aliphatic carbocycles. The van der Waals surface area contributed by atoms with E-state index in [0.29, 0.717) is 5.92 Å². The highest BCUT2D eigenvalue weighted by molar-refractivity contribution is 5.21. The second-order valence-electron chi connectivity index (χ2n) is 14.7. The van der Waals surface area contributed by atoms with E-state index in [1.807, 2.05) is 6.92 Å². The van der Waals surface area contributed by atoms with E-state index in [1.54, 1.807) is 0 Å². The smallest absolute Gasteiger partial charge is 0.0654 e. The van der Waals surface area contributed by atoms with Gasteiger partial charge in [0.25, 0.3) is 0 Å². The Hall–Kier alpha value is -0.420. The molecule has 11 atom stereocenters. The summed E-state index contributed by atoms with van der Waals surface area (Å²) >= 11 is 0. The predicted molar refractivity (Wildman–Crippen MR) is 137 cm³/mol. The van der Waals surface area contributed by atoms with Crippen molar-refractivity contribution in [3.8, 4) is 0 Å². The zero-order valence-corrected chi connectivity index (χ0v) is 23.1. The summed E-state index contributed by atoms with van der Waals surface area (Å²) in [5.41, 5.74) is -0.230. The molecule has 0 aromatic carbocycles. The predicted octanol–water partition coefficient (Wildman–Crippen LogP) is 5.47. The van der Waals surface area contributed by atoms with E-state index in [0.717, 1.165) is 51.4 Å². The average molecular weight is 477 g/mol. The summed E-state index contributed by atoms with van der Waals surface area (Å²) in [7, 11) is 0. The number of rotatable bonds is 4. The van der Waals surface area contributed by atoms with Gasteiger partial charge in [-0.25, -0.2) is 0 Å². The standard InChI is InChI=1S/C30H52O4/c1-18(2)10-9-13-30(8,34)19-11-15-28(6)24(19)20(31)16-22-27(5)14-12-23(33)26(3,4)25(27)21(32)17-29(22,28)7/h10,19-25,31-34H,9,11-17H2,1-8H3/t19-,20+,21-,22+,23-,24-,25-,27+,28-,29+,30-/m0/s1. The second kappa shape index (κ2) is 8.30. The van der Waals surface area contributed by atoms with Crippen LogP contribution in [0.4, 0.5) is 0 Å². The van der Waals surface area contributed by atoms with Gasteiger partial charge in [-0.15, -0.1) is 0 Å². The third kappa shape index (κ3) is 3.60. The van der Waals surface area contributed by atoms with Crippen molar-refractivity contribution in [2.75, 3.05) is 0 Å². The van der Waals surface area contributed by atoms with Gasteiger partial charge in [-0.3, -0.25) is 0 Å². The molecule has 4 fully saturated rings. The quantitative estimate of drug-likeness (QED) is 0.406. The Bertz CT molecular complexity index is 813. The molecule has 4 nitrogen and oxygen atoms in total. The summed E-state index contributed by atoms with van der Waals surface area (Å²) in [6.45, 7) is 17.5. The lowest BCUT2D eigenvalue weighted by Crippen LogP contribution is -2.69. The molecule has 4 aliphatic rings. The van der Waals surface area contributed by atoms with Crippen LogP contribution in [0.1, 0.15) is 107 Å². The number of aliphatic hydroxyl groups is 4. The molecule has 4 saturated carbocycles. The minimum atomic E-state index is -0.810. The summed E-state index contributed by atoms with van der Waals surface area (Å²) in [5.74, 6) is 0.442. The van der Waals surface area contributed by atoms with Gasteiger partial charge in [-0.2, -0.15) is 0 Å². The molecule has 4 N–H and O–H groups in total. The number of allylic oxidation sites excluding steroid dienone is 2. The zero-order chi connectivity index (χ0) is 25.5. The maximum atomic E-state index is 11.8. The Morgan fingerprint density at radius 2 is 1.59 bits per heavy atom. The van der Waals surface area contributed by atoms with Crippen molar-refractivity contribution in [3.05, 3.63) is 11.6 Å². The van der Waals surface area contributed by atoms with E-state index in [9.17, 15) is 20.4 Å². The fraction of sp³-hybridized carbons (Fsp3) is 0.933. The average Bonchev–Trinajstić information content (AvgIpc) is 3.07. The molecule has 196 valence electrons. The molecule has 34 heavy (non-hydrogen) atoms. The Kier molecular flexibility index (Phi) is 6.50. The van der Waals surface area contributed by atoms with Crippen LogP contribution in [0.15, 0.2) is 11.6 Å². The number of aliphatic hydroxyl groups excluding tert-OH is 3. The molecule has 0 unspecified atom stereocenters. The van der Waals surface area contributed by atoms with Crippen LogP contribution in [0.5, 0.6) is 0 Å². The van der Waals surface area contributed by atoms with Crippen LogP contribution in [0.2, 0.25) is 0 Å². The molecule has 0 aromatic rings. The summed E-state index contributed by atoms with van der Waals surface area (Å²) < 4.78 is 0. The van der Waals surface area contributed by atoms with Crippen LogP contribution in [-0.4, -0.2) is 44.3 Å². The van der Waals surface area contributed by atoms with Gasteiger partial charge in [0.05, 0.1) is 23.9 Å². The van der Waals surface area contributed by atoms with Gasteiger partial charge >= 0.3 is 0 Å². The van der Waals surface area contributed by atoms with E-state index in [-0.39, 0.29) is 39.4 Å². The lowest BCUT2D eigenvalue weighted by molar-refractivity contribution is -0.274. The van der Waals surface area contributed by atoms with Crippen LogP contribution in [0.3, 0.4) is 0 Å². The Labute approximate surface area is 208 Å². The molecule has 0 aromatic heterocycles. The third-order valence-electron chi connectivity index (χ3n) is 12.3. The first-order chi connectivity index (χ1) is 15.5. The number of hydrogen-bond acceptors (Lipinski definition) is 4. The molecular formula is C30H52O4. The van der Waals surface area contributed by atoms with Gasteiger partial charge in [0.15, 0.2) is 0 Å². The van der Waals surface area contributed by atoms with Crippen molar-refractivity contribution in [1.29, 1.82) is 0 Å². The second-order valence-corrected chi connectivity index (χ2v) is 14.7. The normalized spacial score (nSPS) is 51.6. The molecule has 4 heteroatoms. The van der Waals surface area contributed by atoms with Crippen LogP contribution < -0.4 is 0 Å². The first-order valence-electron chi connectivity index (χ1n) is 13.9. The molecule has 0 aliphatic heterocycles. The maximum absolute atomic E-state index is 11.8. The van der Waals surface area contributed by atoms with Crippen LogP contribution in [-0.2, 0) is 0 Å². The van der Waals surface area contributed by atoms with Crippen molar-refractivity contribution in [2.45, 2.75) is 131 Å². The van der Waals surface area contributed by atoms with Gasteiger partial charge in [0, 0.05) is 0 Å². The first-order valence-corrected chi connectivity index (χ1v) is 13.9. The van der Waals surface area contributed by atoms with Crippen molar-refractivity contribution in [2.24, 2.45) is 45.3 Å². The van der Waals surface area contributed by atoms with Crippen molar-refractivity contribution < 1.29 is 20.4 Å². The van der Waals surface area contributed by atoms with E-state index in [1.165, 1.54) is 5.57 Å². The molecule has 0 heterocycles. The number of hydrogen-bond donors (Lipinski definition) is 4. The van der Waals surface area contributed by atoms with Crippen LogP contribution in [0, 0.1) is 45.3 Å². The summed E-state index contributed by atoms with van der Waals surface area (Å²) in [4.78, 5) is 0. The number of fused-ring (bicyclic) bond motifs is 5. The molecule has 0 amide bonds. The SMILES string of the molecule is CC(C)=CCC[C@](C)(O)[C@H]1CC[C@@]2(C)[C@@H]1[C@H](O)C[C@@H]1[C@@]3(C)CC[C@H](O)C(C)(C)[C@@H]3[C@@H](O)C[C@]12C. The lowest BCUT2D eigenvalue weighted by atomic mass is 9.34. The zero-order valence-electron chi connectivity index (χ0n) is 23.1. The lowest BCUT2D eigenvalue weighted by Gasteiger charge is -2.71. The highest BCUT2D eigenvalue weighted by atomic mass is 16.3. The van der Waals surface area contributed by atoms with E-state index in [4.69, 9.17) is 0 Å². The van der Waals surface area contributed by atoms with E-state index >= 15 is 0 Å². The molecule has 0 bridgehead atoms. The highest BCUT2D eigenvalue weighted by Crippen LogP contribution is 2.75. The minimum absolute atomic E-state index is 0.0264. The topological polar surface area (TPSA) is 80.9 Å². The highest BCUT2D eigenvalue weighted by Gasteiger charge is 2.72. The van der Waals surface area contributed by atoms with Crippen molar-refractivity contribution in [3.63, 3.8) is 0 Å². The Balaban J connectivity index is 1.70. The summed E-state index contributed by atoms with van der Waals surface area (Å²) in [5, 5.41) is 46.0. The fourth-order valence-electron chi connectivity index (χ4n) is 10.5. The maximum Gasteiger partial charge on any atom is 0.0654 e. The van der Waals surface area contributed by atoms with Crippen molar-refractivity contribution in [1.82, 2.24) is 0 Å². The molecule has 4 rings (SSSR count). The van der Waals surface area contributed by atoms with Gasteiger partial charge in [0.1, 0.15) is 0 Å².